The Morgan fingerprint density at radius 1 is 1.18 bits per heavy atom. The summed E-state index contributed by atoms with van der Waals surface area (Å²) in [6.45, 7) is 0. The van der Waals surface area contributed by atoms with Gasteiger partial charge in [0.1, 0.15) is 6.17 Å². The molecule has 116 valence electrons. The van der Waals surface area contributed by atoms with Crippen LogP contribution in [0.4, 0.5) is 4.79 Å². The van der Waals surface area contributed by atoms with Crippen LogP contribution in [-0.2, 0) is 19.2 Å². The standard InChI is InChI=1S/C12H12N4O5S/c1-15-7-9-10(14-15)13-12(18)16(11(9)17)21-22(19,20)8-5-3-2-4-6-8/h2-7,10,14H,1H3,(H,13,18). The van der Waals surface area contributed by atoms with Gasteiger partial charge in [0.25, 0.3) is 5.91 Å². The molecular formula is C12H12N4O5S. The number of nitrogens with zero attached hydrogens (tertiary/aromatic N) is 2. The Balaban J connectivity index is 1.87. The summed E-state index contributed by atoms with van der Waals surface area (Å²) in [4.78, 5) is 23.9. The van der Waals surface area contributed by atoms with E-state index in [1.54, 1.807) is 13.1 Å². The van der Waals surface area contributed by atoms with E-state index in [2.05, 4.69) is 15.0 Å². The molecule has 0 aromatic heterocycles. The number of hydrazine groups is 1. The first-order chi connectivity index (χ1) is 10.4. The molecule has 0 radical (unpaired) electrons. The van der Waals surface area contributed by atoms with Gasteiger partial charge in [0, 0.05) is 13.2 Å². The number of rotatable bonds is 3. The normalized spacial score (nSPS) is 21.5. The molecule has 3 rings (SSSR count). The third-order valence-corrected chi connectivity index (χ3v) is 4.26. The summed E-state index contributed by atoms with van der Waals surface area (Å²) in [6.07, 6.45) is 0.738. The number of nitrogens with one attached hydrogen (secondary N) is 2. The zero-order valence-electron chi connectivity index (χ0n) is 11.4. The largest absolute Gasteiger partial charge is 0.351 e. The fourth-order valence-electron chi connectivity index (χ4n) is 2.07. The first-order valence-electron chi connectivity index (χ1n) is 6.24. The molecule has 1 aromatic rings. The van der Waals surface area contributed by atoms with Crippen molar-refractivity contribution in [2.24, 2.45) is 0 Å². The lowest BCUT2D eigenvalue weighted by atomic mass is 10.2. The third kappa shape index (κ3) is 2.43. The van der Waals surface area contributed by atoms with E-state index in [-0.39, 0.29) is 15.5 Å². The van der Waals surface area contributed by atoms with Crippen LogP contribution in [0.15, 0.2) is 47.0 Å². The molecule has 1 fully saturated rings. The molecule has 10 heteroatoms. The van der Waals surface area contributed by atoms with Crippen molar-refractivity contribution in [3.63, 3.8) is 0 Å². The molecule has 9 nitrogen and oxygen atoms in total. The van der Waals surface area contributed by atoms with Crippen LogP contribution >= 0.6 is 0 Å². The molecule has 2 N–H and O–H groups in total. The van der Waals surface area contributed by atoms with Crippen LogP contribution in [0.25, 0.3) is 0 Å². The second-order valence-corrected chi connectivity index (χ2v) is 6.18. The smallest absolute Gasteiger partial charge is 0.316 e. The molecule has 2 aliphatic heterocycles. The van der Waals surface area contributed by atoms with Gasteiger partial charge >= 0.3 is 16.1 Å². The highest BCUT2D eigenvalue weighted by Gasteiger charge is 2.43. The van der Waals surface area contributed by atoms with E-state index in [0.717, 1.165) is 0 Å². The maximum absolute atomic E-state index is 12.2. The van der Waals surface area contributed by atoms with Crippen molar-refractivity contribution in [2.75, 3.05) is 7.05 Å². The number of urea groups is 1. The third-order valence-electron chi connectivity index (χ3n) is 3.06. The van der Waals surface area contributed by atoms with Gasteiger partial charge in [-0.1, -0.05) is 18.2 Å². The Morgan fingerprint density at radius 3 is 2.55 bits per heavy atom. The number of carbonyl (C=O) groups excluding carboxylic acids is 2. The molecule has 0 bridgehead atoms. The van der Waals surface area contributed by atoms with Gasteiger partial charge in [-0.2, -0.15) is 8.42 Å². The number of imide groups is 1. The maximum Gasteiger partial charge on any atom is 0.351 e. The summed E-state index contributed by atoms with van der Waals surface area (Å²) in [5.41, 5.74) is 2.96. The Hall–Kier alpha value is -2.43. The van der Waals surface area contributed by atoms with E-state index in [4.69, 9.17) is 0 Å². The molecule has 1 aromatic carbocycles. The molecule has 2 aliphatic rings. The molecule has 0 aliphatic carbocycles. The molecule has 1 saturated heterocycles. The van der Waals surface area contributed by atoms with Gasteiger partial charge in [-0.25, -0.2) is 10.2 Å². The highest BCUT2D eigenvalue weighted by Crippen LogP contribution is 2.21. The van der Waals surface area contributed by atoms with Gasteiger partial charge in [0.05, 0.1) is 10.5 Å². The number of benzene rings is 1. The first-order valence-corrected chi connectivity index (χ1v) is 7.64. The molecule has 1 unspecified atom stereocenters. The minimum atomic E-state index is -4.28. The van der Waals surface area contributed by atoms with E-state index >= 15 is 0 Å². The van der Waals surface area contributed by atoms with E-state index in [1.165, 1.54) is 35.5 Å². The number of hydrogen-bond donors (Lipinski definition) is 2. The van der Waals surface area contributed by atoms with E-state index < -0.39 is 28.2 Å². The summed E-state index contributed by atoms with van der Waals surface area (Å²) in [5.74, 6) is -0.842. The molecule has 3 amide bonds. The lowest BCUT2D eigenvalue weighted by Crippen LogP contribution is -2.59. The Bertz CT molecular complexity index is 761. The van der Waals surface area contributed by atoms with Gasteiger partial charge in [0.15, 0.2) is 0 Å². The zero-order chi connectivity index (χ0) is 15.9. The van der Waals surface area contributed by atoms with Crippen molar-refractivity contribution in [3.8, 4) is 0 Å². The minimum absolute atomic E-state index is 0.159. The average Bonchev–Trinajstić information content (AvgIpc) is 2.85. The van der Waals surface area contributed by atoms with E-state index in [9.17, 15) is 18.0 Å². The Morgan fingerprint density at radius 2 is 1.86 bits per heavy atom. The summed E-state index contributed by atoms with van der Waals surface area (Å²) in [6, 6.07) is 6.27. The van der Waals surface area contributed by atoms with Gasteiger partial charge < -0.3 is 10.3 Å². The van der Waals surface area contributed by atoms with Crippen molar-refractivity contribution < 1.29 is 22.3 Å². The molecule has 0 saturated carbocycles. The molecule has 1 atom stereocenters. The van der Waals surface area contributed by atoms with Crippen LogP contribution in [0, 0.1) is 0 Å². The SMILES string of the molecule is CN1C=C2C(=O)N(OS(=O)(=O)c3ccccc3)C(=O)NC2N1. The molecule has 2 heterocycles. The lowest BCUT2D eigenvalue weighted by molar-refractivity contribution is -0.144. The van der Waals surface area contributed by atoms with Crippen LogP contribution < -0.4 is 10.7 Å². The fourth-order valence-corrected chi connectivity index (χ4v) is 2.98. The second-order valence-electron chi connectivity index (χ2n) is 4.65. The van der Waals surface area contributed by atoms with E-state index in [1.807, 2.05) is 0 Å². The van der Waals surface area contributed by atoms with Crippen molar-refractivity contribution in [1.29, 1.82) is 0 Å². The van der Waals surface area contributed by atoms with Crippen LogP contribution in [0.3, 0.4) is 0 Å². The van der Waals surface area contributed by atoms with Crippen LogP contribution in [-0.4, -0.2) is 43.6 Å². The van der Waals surface area contributed by atoms with Crippen molar-refractivity contribution in [3.05, 3.63) is 42.1 Å². The van der Waals surface area contributed by atoms with Crippen LogP contribution in [0.2, 0.25) is 0 Å². The van der Waals surface area contributed by atoms with Gasteiger partial charge in [-0.3, -0.25) is 4.79 Å². The summed E-state index contributed by atoms with van der Waals surface area (Å²) >= 11 is 0. The summed E-state index contributed by atoms with van der Waals surface area (Å²) in [5, 5.41) is 4.10. The van der Waals surface area contributed by atoms with Gasteiger partial charge in [0.2, 0.25) is 0 Å². The zero-order valence-corrected chi connectivity index (χ0v) is 12.2. The number of fused-ring (bicyclic) bond motifs is 1. The van der Waals surface area contributed by atoms with E-state index in [0.29, 0.717) is 0 Å². The lowest BCUT2D eigenvalue weighted by Gasteiger charge is -2.28. The topological polar surface area (TPSA) is 108 Å². The molecule has 0 spiro atoms. The quantitative estimate of drug-likeness (QED) is 0.773. The van der Waals surface area contributed by atoms with Crippen LogP contribution in [0.1, 0.15) is 0 Å². The first kappa shape index (κ1) is 14.5. The van der Waals surface area contributed by atoms with Crippen molar-refractivity contribution in [2.45, 2.75) is 11.1 Å². The highest BCUT2D eigenvalue weighted by atomic mass is 32.2. The molecule has 22 heavy (non-hydrogen) atoms. The Kier molecular flexibility index (Phi) is 3.35. The highest BCUT2D eigenvalue weighted by molar-refractivity contribution is 7.86. The number of carbonyl (C=O) groups is 2. The molecular weight excluding hydrogens is 312 g/mol. The second kappa shape index (κ2) is 5.09. The monoisotopic (exact) mass is 324 g/mol. The number of hydrogen-bond acceptors (Lipinski definition) is 7. The predicted molar refractivity (Wildman–Crippen MR) is 72.9 cm³/mol. The summed E-state index contributed by atoms with van der Waals surface area (Å²) in [7, 11) is -2.65. The fraction of sp³-hybridized carbons (Fsp3) is 0.167. The average molecular weight is 324 g/mol. The Labute approximate surface area is 126 Å². The van der Waals surface area contributed by atoms with Crippen LogP contribution in [0.5, 0.6) is 0 Å². The maximum atomic E-state index is 12.2. The van der Waals surface area contributed by atoms with Gasteiger partial charge in [-0.05, 0) is 12.1 Å². The predicted octanol–water partition coefficient (Wildman–Crippen LogP) is -0.481. The number of amides is 3. The van der Waals surface area contributed by atoms with Crippen molar-refractivity contribution in [1.82, 2.24) is 20.8 Å². The minimum Gasteiger partial charge on any atom is -0.316 e. The van der Waals surface area contributed by atoms with Gasteiger partial charge in [-0.15, -0.1) is 9.35 Å². The van der Waals surface area contributed by atoms with Crippen molar-refractivity contribution >= 4 is 22.1 Å². The summed E-state index contributed by atoms with van der Waals surface area (Å²) < 4.78 is 28.9. The number of hydroxylamine groups is 2.